The van der Waals surface area contributed by atoms with E-state index in [4.69, 9.17) is 4.98 Å². The number of pyridine rings is 1. The molecular formula is C13H18N4OS. The molecule has 3 heterocycles. The first kappa shape index (κ1) is 12.6. The number of nitrogens with zero attached hydrogens (tertiary/aromatic N) is 3. The van der Waals surface area contributed by atoms with E-state index in [9.17, 15) is 4.21 Å². The highest BCUT2D eigenvalue weighted by Gasteiger charge is 2.21. The molecular weight excluding hydrogens is 260 g/mol. The third kappa shape index (κ3) is 2.37. The molecule has 6 heteroatoms. The maximum Gasteiger partial charge on any atom is 0.152 e. The maximum absolute atomic E-state index is 11.5. The number of hydrogen-bond donors (Lipinski definition) is 1. The summed E-state index contributed by atoms with van der Waals surface area (Å²) >= 11 is 0. The highest BCUT2D eigenvalue weighted by atomic mass is 32.2. The van der Waals surface area contributed by atoms with E-state index in [0.717, 1.165) is 42.6 Å². The Hall–Kier alpha value is -1.40. The van der Waals surface area contributed by atoms with Gasteiger partial charge in [0.2, 0.25) is 0 Å². The molecule has 0 saturated carbocycles. The Bertz CT molecular complexity index is 600. The van der Waals surface area contributed by atoms with Gasteiger partial charge < -0.3 is 14.6 Å². The van der Waals surface area contributed by atoms with Gasteiger partial charge in [-0.15, -0.1) is 0 Å². The van der Waals surface area contributed by atoms with Crippen molar-refractivity contribution < 1.29 is 4.21 Å². The molecule has 0 bridgehead atoms. The third-order valence-corrected chi connectivity index (χ3v) is 4.71. The van der Waals surface area contributed by atoms with Crippen molar-refractivity contribution >= 4 is 22.3 Å². The number of hydrogen-bond acceptors (Lipinski definition) is 4. The highest BCUT2D eigenvalue weighted by molar-refractivity contribution is 7.85. The minimum Gasteiger partial charge on any atom is -0.353 e. The predicted molar refractivity (Wildman–Crippen MR) is 78.0 cm³/mol. The first-order valence-electron chi connectivity index (χ1n) is 6.50. The Morgan fingerprint density at radius 2 is 2.16 bits per heavy atom. The standard InChI is InChI=1S/C13H18N4OS/c1-14-10-11-13(16-6-8-19(18)9-7-16)15-12-4-2-3-5-17(11)12/h2-5,14H,6-10H2,1H3. The van der Waals surface area contributed by atoms with Crippen molar-refractivity contribution in [1.82, 2.24) is 14.7 Å². The molecule has 1 aliphatic heterocycles. The topological polar surface area (TPSA) is 49.6 Å². The van der Waals surface area contributed by atoms with E-state index < -0.39 is 10.8 Å². The fraction of sp³-hybridized carbons (Fsp3) is 0.462. The van der Waals surface area contributed by atoms with Crippen LogP contribution in [0.25, 0.3) is 5.65 Å². The molecule has 0 spiro atoms. The zero-order chi connectivity index (χ0) is 13.2. The summed E-state index contributed by atoms with van der Waals surface area (Å²) in [4.78, 5) is 6.98. The summed E-state index contributed by atoms with van der Waals surface area (Å²) in [6, 6.07) is 6.04. The van der Waals surface area contributed by atoms with E-state index in [1.807, 2.05) is 31.4 Å². The largest absolute Gasteiger partial charge is 0.353 e. The molecule has 102 valence electrons. The van der Waals surface area contributed by atoms with Gasteiger partial charge in [-0.3, -0.25) is 4.21 Å². The zero-order valence-electron chi connectivity index (χ0n) is 11.0. The molecule has 19 heavy (non-hydrogen) atoms. The molecule has 0 aromatic carbocycles. The number of aromatic nitrogens is 2. The Morgan fingerprint density at radius 1 is 1.37 bits per heavy atom. The maximum atomic E-state index is 11.5. The summed E-state index contributed by atoms with van der Waals surface area (Å²) in [5, 5.41) is 3.20. The molecule has 0 radical (unpaired) electrons. The lowest BCUT2D eigenvalue weighted by Crippen LogP contribution is -2.38. The van der Waals surface area contributed by atoms with Crippen molar-refractivity contribution in [2.45, 2.75) is 6.54 Å². The minimum absolute atomic E-state index is 0.655. The van der Waals surface area contributed by atoms with Crippen molar-refractivity contribution in [2.75, 3.05) is 36.5 Å². The van der Waals surface area contributed by atoms with Crippen molar-refractivity contribution in [3.05, 3.63) is 30.1 Å². The van der Waals surface area contributed by atoms with E-state index in [1.54, 1.807) is 0 Å². The normalized spacial score (nSPS) is 17.2. The van der Waals surface area contributed by atoms with Crippen LogP contribution in [0.3, 0.4) is 0 Å². The molecule has 0 atom stereocenters. The van der Waals surface area contributed by atoms with Crippen LogP contribution in [-0.4, -0.2) is 45.2 Å². The van der Waals surface area contributed by atoms with Crippen LogP contribution in [-0.2, 0) is 17.3 Å². The first-order valence-corrected chi connectivity index (χ1v) is 7.99. The van der Waals surface area contributed by atoms with Crippen LogP contribution in [0.5, 0.6) is 0 Å². The molecule has 2 aromatic heterocycles. The lowest BCUT2D eigenvalue weighted by Gasteiger charge is -2.27. The molecule has 1 N–H and O–H groups in total. The molecule has 3 rings (SSSR count). The van der Waals surface area contributed by atoms with Crippen LogP contribution in [0.1, 0.15) is 5.69 Å². The quantitative estimate of drug-likeness (QED) is 0.894. The molecule has 1 saturated heterocycles. The van der Waals surface area contributed by atoms with Crippen molar-refractivity contribution in [3.8, 4) is 0 Å². The second kappa shape index (κ2) is 5.30. The minimum atomic E-state index is -0.655. The van der Waals surface area contributed by atoms with E-state index >= 15 is 0 Å². The molecule has 5 nitrogen and oxygen atoms in total. The summed E-state index contributed by atoms with van der Waals surface area (Å²) in [5.41, 5.74) is 2.14. The summed E-state index contributed by atoms with van der Waals surface area (Å²) in [7, 11) is 1.29. The van der Waals surface area contributed by atoms with Gasteiger partial charge >= 0.3 is 0 Å². The second-order valence-corrected chi connectivity index (χ2v) is 6.37. The van der Waals surface area contributed by atoms with E-state index in [-0.39, 0.29) is 0 Å². The number of anilines is 1. The van der Waals surface area contributed by atoms with Crippen LogP contribution < -0.4 is 10.2 Å². The Morgan fingerprint density at radius 3 is 2.89 bits per heavy atom. The lowest BCUT2D eigenvalue weighted by molar-refractivity contribution is 0.671. The van der Waals surface area contributed by atoms with Gasteiger partial charge in [-0.1, -0.05) is 6.07 Å². The molecule has 1 aliphatic rings. The van der Waals surface area contributed by atoms with E-state index in [0.29, 0.717) is 0 Å². The van der Waals surface area contributed by atoms with Gasteiger partial charge in [0.25, 0.3) is 0 Å². The van der Waals surface area contributed by atoms with Gasteiger partial charge in [-0.2, -0.15) is 0 Å². The number of nitrogens with one attached hydrogen (secondary N) is 1. The van der Waals surface area contributed by atoms with E-state index in [2.05, 4.69) is 14.6 Å². The first-order chi connectivity index (χ1) is 9.29. The predicted octanol–water partition coefficient (Wildman–Crippen LogP) is 0.622. The van der Waals surface area contributed by atoms with Gasteiger partial charge in [0.15, 0.2) is 5.82 Å². The Kier molecular flexibility index (Phi) is 3.52. The number of rotatable bonds is 3. The molecule has 0 aliphatic carbocycles. The summed E-state index contributed by atoms with van der Waals surface area (Å²) in [6.45, 7) is 2.43. The van der Waals surface area contributed by atoms with Gasteiger partial charge in [-0.05, 0) is 19.2 Å². The number of imidazole rings is 1. The van der Waals surface area contributed by atoms with E-state index in [1.165, 1.54) is 5.69 Å². The van der Waals surface area contributed by atoms with Crippen LogP contribution in [0.15, 0.2) is 24.4 Å². The monoisotopic (exact) mass is 278 g/mol. The third-order valence-electron chi connectivity index (χ3n) is 3.43. The summed E-state index contributed by atoms with van der Waals surface area (Å²) < 4.78 is 13.6. The number of fused-ring (bicyclic) bond motifs is 1. The fourth-order valence-corrected chi connectivity index (χ4v) is 3.52. The van der Waals surface area contributed by atoms with Gasteiger partial charge in [0.05, 0.1) is 5.69 Å². The zero-order valence-corrected chi connectivity index (χ0v) is 11.8. The van der Waals surface area contributed by atoms with Crippen LogP contribution >= 0.6 is 0 Å². The molecule has 0 unspecified atom stereocenters. The van der Waals surface area contributed by atoms with Crippen molar-refractivity contribution in [2.24, 2.45) is 0 Å². The van der Waals surface area contributed by atoms with Crippen molar-refractivity contribution in [1.29, 1.82) is 0 Å². The SMILES string of the molecule is CNCc1c(N2CCS(=O)CC2)nc2ccccn12. The van der Waals surface area contributed by atoms with Gasteiger partial charge in [0.1, 0.15) is 5.65 Å². The van der Waals surface area contributed by atoms with Crippen LogP contribution in [0.2, 0.25) is 0 Å². The Labute approximate surface area is 115 Å². The van der Waals surface area contributed by atoms with Crippen molar-refractivity contribution in [3.63, 3.8) is 0 Å². The second-order valence-electron chi connectivity index (χ2n) is 4.68. The van der Waals surface area contributed by atoms with Gasteiger partial charge in [-0.25, -0.2) is 4.98 Å². The van der Waals surface area contributed by atoms with Crippen LogP contribution in [0, 0.1) is 0 Å². The van der Waals surface area contributed by atoms with Gasteiger partial charge in [0, 0.05) is 48.1 Å². The fourth-order valence-electron chi connectivity index (χ4n) is 2.47. The Balaban J connectivity index is 2.01. The average molecular weight is 278 g/mol. The molecule has 2 aromatic rings. The average Bonchev–Trinajstić information content (AvgIpc) is 2.79. The smallest absolute Gasteiger partial charge is 0.152 e. The molecule has 0 amide bonds. The summed E-state index contributed by atoms with van der Waals surface area (Å²) in [5.74, 6) is 2.51. The highest BCUT2D eigenvalue weighted by Crippen LogP contribution is 2.22. The van der Waals surface area contributed by atoms with Crippen LogP contribution in [0.4, 0.5) is 5.82 Å². The molecule has 1 fully saturated rings. The summed E-state index contributed by atoms with van der Waals surface area (Å²) in [6.07, 6.45) is 2.04. The lowest BCUT2D eigenvalue weighted by atomic mass is 10.3.